The van der Waals surface area contributed by atoms with Gasteiger partial charge in [0.1, 0.15) is 5.00 Å². The van der Waals surface area contributed by atoms with Gasteiger partial charge in [0.15, 0.2) is 0 Å². The molecular weight excluding hydrogens is 338 g/mol. The molecule has 2 rings (SSSR count). The van der Waals surface area contributed by atoms with Crippen molar-refractivity contribution in [2.75, 3.05) is 11.2 Å². The maximum Gasteiger partial charge on any atom is 0.286 e. The minimum absolute atomic E-state index is 0.0137. The lowest BCUT2D eigenvalue weighted by Gasteiger charge is -2.20. The number of nitriles is 1. The number of carbonyl (C=O) groups excluding carboxylic acids is 1. The van der Waals surface area contributed by atoms with E-state index in [2.05, 4.69) is 24.9 Å². The molecule has 1 heterocycles. The van der Waals surface area contributed by atoms with Gasteiger partial charge < -0.3 is 0 Å². The summed E-state index contributed by atoms with van der Waals surface area (Å²) in [5, 5.41) is 11.0. The quantitative estimate of drug-likeness (QED) is 0.753. The second-order valence-electron chi connectivity index (χ2n) is 5.96. The Morgan fingerprint density at radius 3 is 2.83 bits per heavy atom. The van der Waals surface area contributed by atoms with Crippen LogP contribution in [0.3, 0.4) is 0 Å². The molecule has 24 heavy (non-hydrogen) atoms. The second kappa shape index (κ2) is 8.32. The van der Waals surface area contributed by atoms with Crippen LogP contribution in [0.25, 0.3) is 0 Å². The highest BCUT2D eigenvalue weighted by atomic mass is 32.2. The van der Waals surface area contributed by atoms with E-state index in [1.807, 2.05) is 25.1 Å². The Morgan fingerprint density at radius 1 is 1.46 bits per heavy atom. The van der Waals surface area contributed by atoms with Crippen molar-refractivity contribution in [2.45, 2.75) is 33.7 Å². The maximum absolute atomic E-state index is 12.5. The van der Waals surface area contributed by atoms with Crippen LogP contribution in [-0.4, -0.2) is 16.5 Å². The number of rotatable bonds is 5. The molecular formula is C18H21N3OS2. The fourth-order valence-corrected chi connectivity index (χ4v) is 4.09. The lowest BCUT2D eigenvalue weighted by atomic mass is 10.1. The van der Waals surface area contributed by atoms with Gasteiger partial charge in [-0.05, 0) is 36.8 Å². The monoisotopic (exact) mass is 359 g/mol. The minimum Gasteiger partial charge on any atom is -0.288 e. The van der Waals surface area contributed by atoms with E-state index in [1.54, 1.807) is 28.6 Å². The van der Waals surface area contributed by atoms with Gasteiger partial charge in [-0.3, -0.25) is 9.69 Å². The van der Waals surface area contributed by atoms with Gasteiger partial charge in [0.05, 0.1) is 28.9 Å². The number of nitrogens with zero attached hydrogens (tertiary/aromatic N) is 3. The van der Waals surface area contributed by atoms with Crippen LogP contribution in [0.1, 0.15) is 35.7 Å². The number of hydrogen-bond acceptors (Lipinski definition) is 5. The lowest BCUT2D eigenvalue weighted by Crippen LogP contribution is -2.26. The van der Waals surface area contributed by atoms with E-state index in [9.17, 15) is 4.79 Å². The van der Waals surface area contributed by atoms with Crippen molar-refractivity contribution in [3.05, 3.63) is 46.1 Å². The Balaban J connectivity index is 2.33. The van der Waals surface area contributed by atoms with Crippen molar-refractivity contribution in [3.8, 4) is 6.07 Å². The van der Waals surface area contributed by atoms with Crippen molar-refractivity contribution in [2.24, 2.45) is 5.92 Å². The zero-order valence-corrected chi connectivity index (χ0v) is 16.0. The molecule has 0 aliphatic carbocycles. The second-order valence-corrected chi connectivity index (χ2v) is 7.78. The number of aryl methyl sites for hydroxylation is 1. The molecule has 0 saturated heterocycles. The van der Waals surface area contributed by atoms with Crippen LogP contribution in [0, 0.1) is 24.2 Å². The number of thiazole rings is 1. The van der Waals surface area contributed by atoms with Crippen molar-refractivity contribution in [3.63, 3.8) is 0 Å². The Morgan fingerprint density at radius 2 is 2.21 bits per heavy atom. The Hall–Kier alpha value is -1.84. The van der Waals surface area contributed by atoms with Gasteiger partial charge in [0, 0.05) is 6.42 Å². The maximum atomic E-state index is 12.5. The average molecular weight is 360 g/mol. The van der Waals surface area contributed by atoms with Gasteiger partial charge in [-0.15, -0.1) is 11.3 Å². The number of aromatic nitrogens is 1. The van der Waals surface area contributed by atoms with Crippen molar-refractivity contribution in [1.29, 1.82) is 5.26 Å². The van der Waals surface area contributed by atoms with E-state index in [-0.39, 0.29) is 5.24 Å². The van der Waals surface area contributed by atoms with Crippen LogP contribution in [0.2, 0.25) is 0 Å². The minimum atomic E-state index is -0.0137. The third-order valence-corrected chi connectivity index (χ3v) is 5.21. The summed E-state index contributed by atoms with van der Waals surface area (Å²) in [4.78, 5) is 18.8. The van der Waals surface area contributed by atoms with Gasteiger partial charge in [-0.25, -0.2) is 4.98 Å². The first kappa shape index (κ1) is 18.5. The summed E-state index contributed by atoms with van der Waals surface area (Å²) in [7, 11) is 0. The first-order valence-electron chi connectivity index (χ1n) is 7.75. The summed E-state index contributed by atoms with van der Waals surface area (Å²) in [6.45, 7) is 6.71. The van der Waals surface area contributed by atoms with Crippen molar-refractivity contribution in [1.82, 2.24) is 4.98 Å². The molecule has 0 aliphatic rings. The lowest BCUT2D eigenvalue weighted by molar-refractivity contribution is 0.265. The molecule has 0 spiro atoms. The van der Waals surface area contributed by atoms with Crippen LogP contribution in [0.4, 0.5) is 9.80 Å². The molecule has 126 valence electrons. The summed E-state index contributed by atoms with van der Waals surface area (Å²) in [6.07, 6.45) is 2.70. The highest BCUT2D eigenvalue weighted by Crippen LogP contribution is 2.32. The number of amides is 1. The summed E-state index contributed by atoms with van der Waals surface area (Å²) in [6, 6.07) is 9.52. The van der Waals surface area contributed by atoms with Crippen LogP contribution in [0.5, 0.6) is 0 Å². The summed E-state index contributed by atoms with van der Waals surface area (Å²) in [5.74, 6) is 0.528. The fourth-order valence-electron chi connectivity index (χ4n) is 2.38. The SMILES string of the molecule is CSC(=O)N(Cc1cccc(C#N)c1)c1sc(CC(C)C)nc1C. The molecule has 0 saturated carbocycles. The number of carbonyl (C=O) groups is 1. The van der Waals surface area contributed by atoms with Gasteiger partial charge >= 0.3 is 0 Å². The van der Waals surface area contributed by atoms with Crippen LogP contribution in [0.15, 0.2) is 24.3 Å². The van der Waals surface area contributed by atoms with Crippen molar-refractivity contribution >= 4 is 33.3 Å². The molecule has 1 aromatic heterocycles. The molecule has 1 aromatic carbocycles. The third-order valence-electron chi connectivity index (χ3n) is 3.44. The van der Waals surface area contributed by atoms with Crippen LogP contribution in [-0.2, 0) is 13.0 Å². The molecule has 4 nitrogen and oxygen atoms in total. The smallest absolute Gasteiger partial charge is 0.286 e. The van der Waals surface area contributed by atoms with Crippen LogP contribution >= 0.6 is 23.1 Å². The highest BCUT2D eigenvalue weighted by molar-refractivity contribution is 8.13. The normalized spacial score (nSPS) is 10.7. The molecule has 2 aromatic rings. The first-order chi connectivity index (χ1) is 11.4. The zero-order chi connectivity index (χ0) is 17.7. The molecule has 0 bridgehead atoms. The molecule has 0 radical (unpaired) electrons. The third kappa shape index (κ3) is 4.59. The van der Waals surface area contributed by atoms with E-state index < -0.39 is 0 Å². The van der Waals surface area contributed by atoms with Gasteiger partial charge in [-0.1, -0.05) is 37.7 Å². The predicted octanol–water partition coefficient (Wildman–Crippen LogP) is 5.01. The summed E-state index contributed by atoms with van der Waals surface area (Å²) >= 11 is 2.77. The van der Waals surface area contributed by atoms with E-state index in [4.69, 9.17) is 5.26 Å². The Labute approximate surface area is 151 Å². The standard InChI is InChI=1S/C18H21N3OS2/c1-12(2)8-16-20-13(3)17(24-16)21(18(22)23-4)11-15-7-5-6-14(9-15)10-19/h5-7,9,12H,8,11H2,1-4H3. The zero-order valence-electron chi connectivity index (χ0n) is 14.4. The van der Waals surface area contributed by atoms with Gasteiger partial charge in [0.2, 0.25) is 0 Å². The predicted molar refractivity (Wildman–Crippen MR) is 102 cm³/mol. The first-order valence-corrected chi connectivity index (χ1v) is 9.79. The molecule has 0 N–H and O–H groups in total. The topological polar surface area (TPSA) is 57.0 Å². The highest BCUT2D eigenvalue weighted by Gasteiger charge is 2.21. The van der Waals surface area contributed by atoms with Crippen LogP contribution < -0.4 is 4.90 Å². The number of benzene rings is 1. The van der Waals surface area contributed by atoms with E-state index >= 15 is 0 Å². The molecule has 1 amide bonds. The summed E-state index contributed by atoms with van der Waals surface area (Å²) in [5.41, 5.74) is 2.43. The Bertz CT molecular complexity index is 762. The largest absolute Gasteiger partial charge is 0.288 e. The van der Waals surface area contributed by atoms with Gasteiger partial charge in [0.25, 0.3) is 5.24 Å². The van der Waals surface area contributed by atoms with E-state index in [1.165, 1.54) is 11.8 Å². The summed E-state index contributed by atoms with van der Waals surface area (Å²) < 4.78 is 0. The molecule has 0 atom stereocenters. The number of anilines is 1. The molecule has 0 unspecified atom stereocenters. The Kier molecular flexibility index (Phi) is 6.41. The number of hydrogen-bond donors (Lipinski definition) is 0. The average Bonchev–Trinajstić information content (AvgIpc) is 2.91. The number of thioether (sulfide) groups is 1. The molecule has 6 heteroatoms. The van der Waals surface area contributed by atoms with Crippen molar-refractivity contribution < 1.29 is 4.79 Å². The molecule has 0 fully saturated rings. The molecule has 0 aliphatic heterocycles. The van der Waals surface area contributed by atoms with E-state index in [0.29, 0.717) is 18.0 Å². The van der Waals surface area contributed by atoms with Gasteiger partial charge in [-0.2, -0.15) is 5.26 Å². The van der Waals surface area contributed by atoms with E-state index in [0.717, 1.165) is 27.7 Å². The fraction of sp³-hybridized carbons (Fsp3) is 0.389.